The lowest BCUT2D eigenvalue weighted by atomic mass is 9.85. The van der Waals surface area contributed by atoms with Crippen molar-refractivity contribution in [3.05, 3.63) is 46.3 Å². The van der Waals surface area contributed by atoms with E-state index in [1.807, 2.05) is 11.6 Å². The van der Waals surface area contributed by atoms with Crippen molar-refractivity contribution in [2.45, 2.75) is 65.0 Å². The summed E-state index contributed by atoms with van der Waals surface area (Å²) in [5, 5.41) is 7.78. The standard InChI is InChI=1S/C24H33N3O3/c1-15(2)18-6-7-22-20(12-18)24(8-10-30-22)13-21(24)23(28)25-14-19-16(3)26-27(17(19)4)9-11-29-5/h6-7,12,15,21H,8-11,13-14H2,1-5H3,(H,25,28)/t21-,24-/m0/s1. The van der Waals surface area contributed by atoms with E-state index in [9.17, 15) is 4.79 Å². The maximum absolute atomic E-state index is 13.1. The molecule has 1 spiro atoms. The molecule has 4 rings (SSSR count). The van der Waals surface area contributed by atoms with Gasteiger partial charge in [0.15, 0.2) is 0 Å². The Morgan fingerprint density at radius 2 is 2.20 bits per heavy atom. The molecule has 0 saturated heterocycles. The monoisotopic (exact) mass is 411 g/mol. The Balaban J connectivity index is 1.47. The van der Waals surface area contributed by atoms with E-state index in [-0.39, 0.29) is 17.2 Å². The quantitative estimate of drug-likeness (QED) is 0.756. The fraction of sp³-hybridized carbons (Fsp3) is 0.583. The van der Waals surface area contributed by atoms with Crippen LogP contribution in [0.5, 0.6) is 5.75 Å². The first-order valence-electron chi connectivity index (χ1n) is 10.9. The van der Waals surface area contributed by atoms with Crippen molar-refractivity contribution in [1.29, 1.82) is 0 Å². The van der Waals surface area contributed by atoms with Crippen LogP contribution in [0.1, 0.15) is 60.7 Å². The van der Waals surface area contributed by atoms with Gasteiger partial charge >= 0.3 is 0 Å². The lowest BCUT2D eigenvalue weighted by molar-refractivity contribution is -0.123. The average Bonchev–Trinajstić information content (AvgIpc) is 3.38. The number of carbonyl (C=O) groups excluding carboxylic acids is 1. The van der Waals surface area contributed by atoms with Crippen molar-refractivity contribution < 1.29 is 14.3 Å². The molecule has 2 aliphatic rings. The van der Waals surface area contributed by atoms with Gasteiger partial charge in [-0.15, -0.1) is 0 Å². The molecule has 2 atom stereocenters. The van der Waals surface area contributed by atoms with Crippen LogP contribution in [0.25, 0.3) is 0 Å². The first-order chi connectivity index (χ1) is 14.4. The molecule has 1 aromatic carbocycles. The summed E-state index contributed by atoms with van der Waals surface area (Å²) in [6, 6.07) is 6.49. The molecule has 2 aromatic rings. The molecule has 6 heteroatoms. The van der Waals surface area contributed by atoms with E-state index in [1.165, 1.54) is 11.1 Å². The number of benzene rings is 1. The Bertz CT molecular complexity index is 949. The van der Waals surface area contributed by atoms with E-state index in [0.717, 1.165) is 42.1 Å². The highest BCUT2D eigenvalue weighted by atomic mass is 16.5. The van der Waals surface area contributed by atoms with Crippen molar-refractivity contribution in [3.8, 4) is 5.75 Å². The van der Waals surface area contributed by atoms with Crippen molar-refractivity contribution in [1.82, 2.24) is 15.1 Å². The zero-order valence-corrected chi connectivity index (χ0v) is 18.7. The summed E-state index contributed by atoms with van der Waals surface area (Å²) in [6.45, 7) is 11.0. The second kappa shape index (κ2) is 8.06. The highest BCUT2D eigenvalue weighted by Crippen LogP contribution is 2.61. The van der Waals surface area contributed by atoms with Crippen LogP contribution in [0.2, 0.25) is 0 Å². The molecule has 1 saturated carbocycles. The van der Waals surface area contributed by atoms with Gasteiger partial charge in [0, 0.05) is 41.8 Å². The number of hydrogen-bond donors (Lipinski definition) is 1. The summed E-state index contributed by atoms with van der Waals surface area (Å²) < 4.78 is 13.0. The smallest absolute Gasteiger partial charge is 0.224 e. The van der Waals surface area contributed by atoms with Crippen molar-refractivity contribution in [2.75, 3.05) is 20.3 Å². The number of fused-ring (bicyclic) bond motifs is 2. The lowest BCUT2D eigenvalue weighted by Gasteiger charge is -2.28. The van der Waals surface area contributed by atoms with Crippen LogP contribution in [0.15, 0.2) is 18.2 Å². The Morgan fingerprint density at radius 3 is 2.93 bits per heavy atom. The minimum absolute atomic E-state index is 0.0201. The van der Waals surface area contributed by atoms with E-state index >= 15 is 0 Å². The zero-order valence-electron chi connectivity index (χ0n) is 18.7. The summed E-state index contributed by atoms with van der Waals surface area (Å²) in [6.07, 6.45) is 1.81. The average molecular weight is 412 g/mol. The van der Waals surface area contributed by atoms with Crippen LogP contribution in [-0.4, -0.2) is 36.0 Å². The molecule has 30 heavy (non-hydrogen) atoms. The third-order valence-corrected chi connectivity index (χ3v) is 6.88. The van der Waals surface area contributed by atoms with Gasteiger partial charge in [-0.1, -0.05) is 26.0 Å². The van der Waals surface area contributed by atoms with E-state index in [4.69, 9.17) is 9.47 Å². The van der Waals surface area contributed by atoms with E-state index in [2.05, 4.69) is 49.4 Å². The van der Waals surface area contributed by atoms with Crippen LogP contribution in [-0.2, 0) is 28.0 Å². The largest absolute Gasteiger partial charge is 0.493 e. The molecule has 0 radical (unpaired) electrons. The first kappa shape index (κ1) is 20.9. The normalized spacial score (nSPS) is 22.1. The van der Waals surface area contributed by atoms with Gasteiger partial charge in [-0.3, -0.25) is 9.48 Å². The van der Waals surface area contributed by atoms with E-state index in [1.54, 1.807) is 7.11 Å². The van der Waals surface area contributed by atoms with Crippen molar-refractivity contribution in [2.24, 2.45) is 5.92 Å². The number of aryl methyl sites for hydroxylation is 1. The fourth-order valence-corrected chi connectivity index (χ4v) is 4.81. The van der Waals surface area contributed by atoms with E-state index < -0.39 is 0 Å². The molecule has 1 fully saturated rings. The fourth-order valence-electron chi connectivity index (χ4n) is 4.81. The topological polar surface area (TPSA) is 65.4 Å². The summed E-state index contributed by atoms with van der Waals surface area (Å²) >= 11 is 0. The zero-order chi connectivity index (χ0) is 21.5. The third-order valence-electron chi connectivity index (χ3n) is 6.88. The molecule has 2 heterocycles. The van der Waals surface area contributed by atoms with Gasteiger partial charge in [0.05, 0.1) is 25.5 Å². The Labute approximate surface area is 178 Å². The van der Waals surface area contributed by atoms with Crippen LogP contribution in [0.4, 0.5) is 0 Å². The van der Waals surface area contributed by atoms with Gasteiger partial charge in [0.1, 0.15) is 5.75 Å². The predicted octanol–water partition coefficient (Wildman–Crippen LogP) is 3.63. The highest BCUT2D eigenvalue weighted by molar-refractivity contribution is 5.85. The van der Waals surface area contributed by atoms with Crippen molar-refractivity contribution >= 4 is 5.91 Å². The van der Waals surface area contributed by atoms with Crippen LogP contribution in [0, 0.1) is 19.8 Å². The van der Waals surface area contributed by atoms with Gasteiger partial charge in [-0.25, -0.2) is 0 Å². The summed E-state index contributed by atoms with van der Waals surface area (Å²) in [7, 11) is 1.69. The molecule has 1 aliphatic carbocycles. The molecule has 0 unspecified atom stereocenters. The summed E-state index contributed by atoms with van der Waals surface area (Å²) in [5.74, 6) is 1.57. The summed E-state index contributed by atoms with van der Waals surface area (Å²) in [4.78, 5) is 13.1. The second-order valence-corrected chi connectivity index (χ2v) is 9.00. The Hall–Kier alpha value is -2.34. The van der Waals surface area contributed by atoms with Gasteiger partial charge in [0.2, 0.25) is 5.91 Å². The minimum Gasteiger partial charge on any atom is -0.493 e. The van der Waals surface area contributed by atoms with Crippen molar-refractivity contribution in [3.63, 3.8) is 0 Å². The molecule has 6 nitrogen and oxygen atoms in total. The van der Waals surface area contributed by atoms with Gasteiger partial charge < -0.3 is 14.8 Å². The third kappa shape index (κ3) is 3.62. The molecule has 1 N–H and O–H groups in total. The Morgan fingerprint density at radius 1 is 1.40 bits per heavy atom. The number of aromatic nitrogens is 2. The maximum atomic E-state index is 13.1. The molecular weight excluding hydrogens is 378 g/mol. The van der Waals surface area contributed by atoms with Crippen LogP contribution >= 0.6 is 0 Å². The summed E-state index contributed by atoms with van der Waals surface area (Å²) in [5.41, 5.74) is 5.62. The Kier molecular flexibility index (Phi) is 5.62. The van der Waals surface area contributed by atoms with Gasteiger partial charge in [-0.2, -0.15) is 5.10 Å². The van der Waals surface area contributed by atoms with Crippen LogP contribution in [0.3, 0.4) is 0 Å². The molecule has 1 aromatic heterocycles. The lowest BCUT2D eigenvalue weighted by Crippen LogP contribution is -2.31. The minimum atomic E-state index is -0.0602. The maximum Gasteiger partial charge on any atom is 0.224 e. The SMILES string of the molecule is COCCn1nc(C)c(CNC(=O)[C@@H]2C[C@]23CCOc2ccc(C(C)C)cc23)c1C. The van der Waals surface area contributed by atoms with Gasteiger partial charge in [0.25, 0.3) is 0 Å². The number of carbonyl (C=O) groups is 1. The molecule has 0 bridgehead atoms. The number of methoxy groups -OCH3 is 1. The first-order valence-corrected chi connectivity index (χ1v) is 10.9. The molecule has 1 aliphatic heterocycles. The van der Waals surface area contributed by atoms with Crippen LogP contribution < -0.4 is 10.1 Å². The number of ether oxygens (including phenoxy) is 2. The number of amides is 1. The number of hydrogen-bond acceptors (Lipinski definition) is 4. The predicted molar refractivity (Wildman–Crippen MR) is 116 cm³/mol. The molecule has 1 amide bonds. The second-order valence-electron chi connectivity index (χ2n) is 9.00. The molecular formula is C24H33N3O3. The number of rotatable bonds is 7. The molecule has 162 valence electrons. The van der Waals surface area contributed by atoms with Gasteiger partial charge in [-0.05, 0) is 44.2 Å². The number of nitrogens with one attached hydrogen (secondary N) is 1. The number of nitrogens with zero attached hydrogens (tertiary/aromatic N) is 2. The van der Waals surface area contributed by atoms with E-state index in [0.29, 0.717) is 25.7 Å². The highest BCUT2D eigenvalue weighted by Gasteiger charge is 2.61.